The molecule has 0 aliphatic carbocycles. The predicted molar refractivity (Wildman–Crippen MR) is 48.8 cm³/mol. The molecule has 0 aliphatic rings. The van der Waals surface area contributed by atoms with Gasteiger partial charge in [0.15, 0.2) is 0 Å². The minimum atomic E-state index is -0.0850. The molecule has 66 valence electrons. The van der Waals surface area contributed by atoms with Crippen LogP contribution < -0.4 is 0 Å². The van der Waals surface area contributed by atoms with Crippen LogP contribution >= 0.6 is 15.9 Å². The first-order valence-electron chi connectivity index (χ1n) is 3.88. The number of halogens is 1. The fraction of sp³-hybridized carbons (Fsp3) is 0.875. The number of alkyl halides is 1. The maximum atomic E-state index is 10.9. The highest BCUT2D eigenvalue weighted by molar-refractivity contribution is 9.09. The first-order chi connectivity index (χ1) is 5.16. The molecule has 0 rings (SSSR count). The van der Waals surface area contributed by atoms with Crippen molar-refractivity contribution in [3.63, 3.8) is 0 Å². The average molecular weight is 223 g/mol. The topological polar surface area (TPSA) is 26.3 Å². The highest BCUT2D eigenvalue weighted by Crippen LogP contribution is 1.99. The van der Waals surface area contributed by atoms with Gasteiger partial charge in [0.25, 0.3) is 0 Å². The van der Waals surface area contributed by atoms with Gasteiger partial charge < -0.3 is 4.74 Å². The van der Waals surface area contributed by atoms with E-state index in [1.54, 1.807) is 0 Å². The lowest BCUT2D eigenvalue weighted by molar-refractivity contribution is -0.144. The van der Waals surface area contributed by atoms with Gasteiger partial charge in [-0.05, 0) is 12.3 Å². The molecule has 2 nitrogen and oxygen atoms in total. The number of rotatable bonds is 5. The highest BCUT2D eigenvalue weighted by atomic mass is 79.9. The minimum absolute atomic E-state index is 0.0850. The normalized spacial score (nSPS) is 10.2. The van der Waals surface area contributed by atoms with Crippen LogP contribution in [-0.2, 0) is 9.53 Å². The molecule has 0 aromatic heterocycles. The Morgan fingerprint density at radius 1 is 1.55 bits per heavy atom. The Morgan fingerprint density at radius 3 is 2.64 bits per heavy atom. The Labute approximate surface area is 76.4 Å². The second-order valence-electron chi connectivity index (χ2n) is 2.87. The molecule has 0 aromatic carbocycles. The molecule has 3 heteroatoms. The Morgan fingerprint density at radius 2 is 2.18 bits per heavy atom. The monoisotopic (exact) mass is 222 g/mol. The molecule has 0 spiro atoms. The molecule has 0 saturated carbocycles. The third-order valence-electron chi connectivity index (χ3n) is 1.09. The van der Waals surface area contributed by atoms with E-state index in [0.29, 0.717) is 18.9 Å². The first kappa shape index (κ1) is 11.0. The van der Waals surface area contributed by atoms with Crippen LogP contribution in [0.2, 0.25) is 0 Å². The lowest BCUT2D eigenvalue weighted by Crippen LogP contribution is -2.09. The van der Waals surface area contributed by atoms with Gasteiger partial charge in [-0.25, -0.2) is 0 Å². The van der Waals surface area contributed by atoms with E-state index in [1.165, 1.54) is 0 Å². The predicted octanol–water partition coefficient (Wildman–Crippen LogP) is 2.36. The van der Waals surface area contributed by atoms with Crippen molar-refractivity contribution in [2.75, 3.05) is 11.9 Å². The molecular weight excluding hydrogens is 208 g/mol. The Kier molecular flexibility index (Phi) is 6.62. The van der Waals surface area contributed by atoms with Crippen molar-refractivity contribution in [2.45, 2.75) is 26.7 Å². The molecule has 0 N–H and O–H groups in total. The summed E-state index contributed by atoms with van der Waals surface area (Å²) in [7, 11) is 0. The van der Waals surface area contributed by atoms with Crippen LogP contribution in [0.3, 0.4) is 0 Å². The number of esters is 1. The minimum Gasteiger partial charge on any atom is -0.465 e. The van der Waals surface area contributed by atoms with E-state index in [-0.39, 0.29) is 5.97 Å². The van der Waals surface area contributed by atoms with Gasteiger partial charge in [-0.15, -0.1) is 0 Å². The van der Waals surface area contributed by atoms with E-state index in [9.17, 15) is 4.79 Å². The molecular formula is C8H15BrO2. The van der Waals surface area contributed by atoms with Gasteiger partial charge in [0.1, 0.15) is 0 Å². The molecule has 0 amide bonds. The van der Waals surface area contributed by atoms with Crippen LogP contribution in [0.4, 0.5) is 0 Å². The summed E-state index contributed by atoms with van der Waals surface area (Å²) in [5.74, 6) is 0.348. The third kappa shape index (κ3) is 7.85. The zero-order chi connectivity index (χ0) is 8.69. The van der Waals surface area contributed by atoms with E-state index >= 15 is 0 Å². The number of carbonyl (C=O) groups excluding carboxylic acids is 1. The molecule has 0 radical (unpaired) electrons. The fourth-order valence-corrected chi connectivity index (χ4v) is 0.823. The molecule has 0 unspecified atom stereocenters. The molecule has 0 fully saturated rings. The van der Waals surface area contributed by atoms with Crippen LogP contribution in [0.5, 0.6) is 0 Å². The first-order valence-corrected chi connectivity index (χ1v) is 5.00. The van der Waals surface area contributed by atoms with Gasteiger partial charge in [-0.2, -0.15) is 0 Å². The number of carbonyl (C=O) groups is 1. The van der Waals surface area contributed by atoms with Gasteiger partial charge in [0.05, 0.1) is 6.61 Å². The largest absolute Gasteiger partial charge is 0.465 e. The van der Waals surface area contributed by atoms with E-state index in [1.807, 2.05) is 13.8 Å². The van der Waals surface area contributed by atoms with Crippen molar-refractivity contribution < 1.29 is 9.53 Å². The van der Waals surface area contributed by atoms with Crippen LogP contribution in [0, 0.1) is 5.92 Å². The van der Waals surface area contributed by atoms with Crippen LogP contribution in [0.1, 0.15) is 26.7 Å². The summed E-state index contributed by atoms with van der Waals surface area (Å²) in [6.45, 7) is 4.59. The van der Waals surface area contributed by atoms with E-state index in [0.717, 1.165) is 11.8 Å². The van der Waals surface area contributed by atoms with Crippen molar-refractivity contribution in [3.05, 3.63) is 0 Å². The average Bonchev–Trinajstić information content (AvgIpc) is 1.97. The Balaban J connectivity index is 3.23. The summed E-state index contributed by atoms with van der Waals surface area (Å²) in [5.41, 5.74) is 0. The summed E-state index contributed by atoms with van der Waals surface area (Å²) in [4.78, 5) is 10.9. The van der Waals surface area contributed by atoms with Gasteiger partial charge in [0, 0.05) is 11.8 Å². The summed E-state index contributed by atoms with van der Waals surface area (Å²) in [6.07, 6.45) is 1.38. The van der Waals surface area contributed by atoms with Crippen molar-refractivity contribution in [1.29, 1.82) is 0 Å². The van der Waals surface area contributed by atoms with Crippen LogP contribution in [-0.4, -0.2) is 17.9 Å². The molecule has 0 bridgehead atoms. The lowest BCUT2D eigenvalue weighted by atomic mass is 10.2. The smallest absolute Gasteiger partial charge is 0.305 e. The second-order valence-corrected chi connectivity index (χ2v) is 3.66. The van der Waals surface area contributed by atoms with Crippen molar-refractivity contribution in [1.82, 2.24) is 0 Å². The van der Waals surface area contributed by atoms with Crippen molar-refractivity contribution >= 4 is 21.9 Å². The summed E-state index contributed by atoms with van der Waals surface area (Å²) in [5, 5.41) is 0.865. The van der Waals surface area contributed by atoms with E-state index in [2.05, 4.69) is 15.9 Å². The zero-order valence-corrected chi connectivity index (χ0v) is 8.69. The van der Waals surface area contributed by atoms with Gasteiger partial charge >= 0.3 is 5.97 Å². The molecule has 0 saturated heterocycles. The van der Waals surface area contributed by atoms with Crippen molar-refractivity contribution in [2.24, 2.45) is 5.92 Å². The summed E-state index contributed by atoms with van der Waals surface area (Å²) < 4.78 is 4.95. The molecule has 0 aromatic rings. The molecule has 11 heavy (non-hydrogen) atoms. The third-order valence-corrected chi connectivity index (χ3v) is 1.65. The fourth-order valence-electron chi connectivity index (χ4n) is 0.543. The Hall–Kier alpha value is -0.0500. The maximum Gasteiger partial charge on any atom is 0.305 e. The van der Waals surface area contributed by atoms with Crippen LogP contribution in [0.15, 0.2) is 0 Å². The highest BCUT2D eigenvalue weighted by Gasteiger charge is 2.02. The van der Waals surface area contributed by atoms with E-state index < -0.39 is 0 Å². The maximum absolute atomic E-state index is 10.9. The SMILES string of the molecule is CC(C)COC(=O)CCCBr. The van der Waals surface area contributed by atoms with Gasteiger partial charge in [-0.1, -0.05) is 29.8 Å². The van der Waals surface area contributed by atoms with E-state index in [4.69, 9.17) is 4.74 Å². The van der Waals surface area contributed by atoms with Gasteiger partial charge in [0.2, 0.25) is 0 Å². The van der Waals surface area contributed by atoms with Crippen molar-refractivity contribution in [3.8, 4) is 0 Å². The standard InChI is InChI=1S/C8H15BrO2/c1-7(2)6-11-8(10)4-3-5-9/h7H,3-6H2,1-2H3. The second kappa shape index (κ2) is 6.65. The molecule has 0 atom stereocenters. The number of hydrogen-bond acceptors (Lipinski definition) is 2. The quantitative estimate of drug-likeness (QED) is 0.528. The number of ether oxygens (including phenoxy) is 1. The number of hydrogen-bond donors (Lipinski definition) is 0. The molecule has 0 aliphatic heterocycles. The molecule has 0 heterocycles. The summed E-state index contributed by atoms with van der Waals surface area (Å²) in [6, 6.07) is 0. The summed E-state index contributed by atoms with van der Waals surface area (Å²) >= 11 is 3.25. The van der Waals surface area contributed by atoms with Gasteiger partial charge in [-0.3, -0.25) is 4.79 Å². The lowest BCUT2D eigenvalue weighted by Gasteiger charge is -2.05. The zero-order valence-electron chi connectivity index (χ0n) is 7.10. The van der Waals surface area contributed by atoms with Crippen LogP contribution in [0.25, 0.3) is 0 Å². The Bertz CT molecular complexity index is 113.